The Hall–Kier alpha value is -1.70. The van der Waals surface area contributed by atoms with Crippen molar-refractivity contribution in [2.45, 2.75) is 44.6 Å². The summed E-state index contributed by atoms with van der Waals surface area (Å²) in [6.07, 6.45) is 1.06. The Morgan fingerprint density at radius 2 is 1.79 bits per heavy atom. The van der Waals surface area contributed by atoms with E-state index in [1.165, 1.54) is 4.31 Å². The van der Waals surface area contributed by atoms with E-state index in [9.17, 15) is 13.2 Å². The second-order valence-electron chi connectivity index (χ2n) is 7.71. The molecule has 0 aromatic heterocycles. The van der Waals surface area contributed by atoms with E-state index in [1.807, 2.05) is 51.1 Å². The number of carbonyl (C=O) groups is 1. The topological polar surface area (TPSA) is 66.5 Å². The highest BCUT2D eigenvalue weighted by Crippen LogP contribution is 2.26. The van der Waals surface area contributed by atoms with E-state index < -0.39 is 10.0 Å². The molecule has 1 saturated heterocycles. The predicted molar refractivity (Wildman–Crippen MR) is 118 cm³/mol. The lowest BCUT2D eigenvalue weighted by Crippen LogP contribution is -2.43. The lowest BCUT2D eigenvalue weighted by atomic mass is 9.96. The van der Waals surface area contributed by atoms with Crippen LogP contribution in [0.1, 0.15) is 42.5 Å². The molecule has 29 heavy (non-hydrogen) atoms. The average Bonchev–Trinajstić information content (AvgIpc) is 2.70. The Balaban J connectivity index is 1.60. The van der Waals surface area contributed by atoms with Gasteiger partial charge in [-0.2, -0.15) is 4.31 Å². The molecule has 1 atom stereocenters. The van der Waals surface area contributed by atoms with Gasteiger partial charge in [-0.05, 0) is 74.6 Å². The predicted octanol–water partition coefficient (Wildman–Crippen LogP) is 4.34. The molecule has 0 bridgehead atoms. The molecule has 5 nitrogen and oxygen atoms in total. The second-order valence-corrected chi connectivity index (χ2v) is 10.6. The summed E-state index contributed by atoms with van der Waals surface area (Å²) in [5, 5.41) is 3.06. The lowest BCUT2D eigenvalue weighted by Gasteiger charge is -2.31. The SMILES string of the molecule is Cc1ccc(S(=O)(=O)N2CCC(C(=O)NC(C)c3cccc(Br)c3)CC2)cc1C. The first-order chi connectivity index (χ1) is 13.7. The number of amides is 1. The number of carbonyl (C=O) groups excluding carboxylic acids is 1. The average molecular weight is 479 g/mol. The number of halogens is 1. The number of benzene rings is 2. The number of nitrogens with zero attached hydrogens (tertiary/aromatic N) is 1. The van der Waals surface area contributed by atoms with Crippen molar-refractivity contribution in [1.29, 1.82) is 0 Å². The number of hydrogen-bond acceptors (Lipinski definition) is 3. The van der Waals surface area contributed by atoms with Crippen molar-refractivity contribution >= 4 is 31.9 Å². The number of rotatable bonds is 5. The Labute approximate surface area is 181 Å². The maximum atomic E-state index is 12.9. The van der Waals surface area contributed by atoms with Gasteiger partial charge in [0, 0.05) is 23.5 Å². The number of piperidine rings is 1. The fourth-order valence-electron chi connectivity index (χ4n) is 3.57. The molecule has 1 fully saturated rings. The van der Waals surface area contributed by atoms with Gasteiger partial charge in [0.05, 0.1) is 10.9 Å². The largest absolute Gasteiger partial charge is 0.349 e. The van der Waals surface area contributed by atoms with Crippen molar-refractivity contribution in [1.82, 2.24) is 9.62 Å². The summed E-state index contributed by atoms with van der Waals surface area (Å²) in [6.45, 7) is 6.55. The van der Waals surface area contributed by atoms with E-state index in [4.69, 9.17) is 0 Å². The highest BCUT2D eigenvalue weighted by Gasteiger charge is 2.32. The molecule has 1 aliphatic rings. The maximum absolute atomic E-state index is 12.9. The Bertz CT molecular complexity index is 999. The molecule has 3 rings (SSSR count). The summed E-state index contributed by atoms with van der Waals surface area (Å²) < 4.78 is 28.4. The van der Waals surface area contributed by atoms with E-state index in [1.54, 1.807) is 12.1 Å². The van der Waals surface area contributed by atoms with Crippen molar-refractivity contribution in [3.8, 4) is 0 Å². The molecule has 156 valence electrons. The van der Waals surface area contributed by atoms with Gasteiger partial charge in [0.15, 0.2) is 0 Å². The minimum absolute atomic E-state index is 0.0132. The summed E-state index contributed by atoms with van der Waals surface area (Å²) in [7, 11) is -3.52. The first-order valence-electron chi connectivity index (χ1n) is 9.81. The minimum atomic E-state index is -3.52. The summed E-state index contributed by atoms with van der Waals surface area (Å²) in [5.74, 6) is -0.184. The van der Waals surface area contributed by atoms with Gasteiger partial charge in [0.25, 0.3) is 0 Å². The van der Waals surface area contributed by atoms with Gasteiger partial charge in [0.2, 0.25) is 15.9 Å². The highest BCUT2D eigenvalue weighted by atomic mass is 79.9. The van der Waals surface area contributed by atoms with Gasteiger partial charge in [-0.3, -0.25) is 4.79 Å². The zero-order valence-electron chi connectivity index (χ0n) is 17.0. The Kier molecular flexibility index (Phi) is 6.81. The summed E-state index contributed by atoms with van der Waals surface area (Å²) in [5.41, 5.74) is 3.06. The molecule has 0 spiro atoms. The van der Waals surface area contributed by atoms with Crippen molar-refractivity contribution in [2.75, 3.05) is 13.1 Å². The molecule has 7 heteroatoms. The first kappa shape index (κ1) is 22.0. The van der Waals surface area contributed by atoms with Crippen molar-refractivity contribution < 1.29 is 13.2 Å². The van der Waals surface area contributed by atoms with Crippen LogP contribution in [0.3, 0.4) is 0 Å². The third kappa shape index (κ3) is 5.08. The fourth-order valence-corrected chi connectivity index (χ4v) is 5.54. The number of hydrogen-bond donors (Lipinski definition) is 1. The molecule has 1 N–H and O–H groups in total. The van der Waals surface area contributed by atoms with Crippen LogP contribution < -0.4 is 5.32 Å². The van der Waals surface area contributed by atoms with Crippen LogP contribution in [0.15, 0.2) is 51.8 Å². The van der Waals surface area contributed by atoms with E-state index in [0.29, 0.717) is 30.8 Å². The van der Waals surface area contributed by atoms with Crippen LogP contribution in [0, 0.1) is 19.8 Å². The third-order valence-corrected chi connectivity index (χ3v) is 8.04. The van der Waals surface area contributed by atoms with E-state index in [-0.39, 0.29) is 17.9 Å². The highest BCUT2D eigenvalue weighted by molar-refractivity contribution is 9.10. The molecule has 2 aromatic carbocycles. The molecule has 1 heterocycles. The van der Waals surface area contributed by atoms with E-state index >= 15 is 0 Å². The van der Waals surface area contributed by atoms with Gasteiger partial charge in [-0.1, -0.05) is 34.1 Å². The Morgan fingerprint density at radius 1 is 1.10 bits per heavy atom. The molecule has 1 unspecified atom stereocenters. The second kappa shape index (κ2) is 8.98. The lowest BCUT2D eigenvalue weighted by molar-refractivity contribution is -0.126. The maximum Gasteiger partial charge on any atom is 0.243 e. The van der Waals surface area contributed by atoms with Gasteiger partial charge >= 0.3 is 0 Å². The van der Waals surface area contributed by atoms with Crippen LogP contribution in [-0.4, -0.2) is 31.7 Å². The van der Waals surface area contributed by atoms with Crippen LogP contribution in [0.2, 0.25) is 0 Å². The number of aryl methyl sites for hydroxylation is 2. The smallest absolute Gasteiger partial charge is 0.243 e. The van der Waals surface area contributed by atoms with Crippen LogP contribution in [0.4, 0.5) is 0 Å². The van der Waals surface area contributed by atoms with Gasteiger partial charge in [0.1, 0.15) is 0 Å². The normalized spacial score (nSPS) is 17.1. The minimum Gasteiger partial charge on any atom is -0.349 e. The standard InChI is InChI=1S/C22H27BrN2O3S/c1-15-7-8-21(13-16(15)2)29(27,28)25-11-9-18(10-12-25)22(26)24-17(3)19-5-4-6-20(23)14-19/h4-8,13-14,17-18H,9-12H2,1-3H3,(H,24,26). The van der Waals surface area contributed by atoms with E-state index in [0.717, 1.165) is 21.2 Å². The molecule has 1 amide bonds. The van der Waals surface area contributed by atoms with Gasteiger partial charge < -0.3 is 5.32 Å². The number of nitrogens with one attached hydrogen (secondary N) is 1. The zero-order chi connectivity index (χ0) is 21.2. The van der Waals surface area contributed by atoms with Crippen LogP contribution in [-0.2, 0) is 14.8 Å². The molecular weight excluding hydrogens is 452 g/mol. The van der Waals surface area contributed by atoms with Crippen molar-refractivity contribution in [3.05, 3.63) is 63.6 Å². The van der Waals surface area contributed by atoms with E-state index in [2.05, 4.69) is 21.2 Å². The summed E-state index contributed by atoms with van der Waals surface area (Å²) in [6, 6.07) is 13.0. The monoisotopic (exact) mass is 478 g/mol. The van der Waals surface area contributed by atoms with Crippen molar-refractivity contribution in [2.24, 2.45) is 5.92 Å². The zero-order valence-corrected chi connectivity index (χ0v) is 19.4. The molecule has 0 radical (unpaired) electrons. The van der Waals surface area contributed by atoms with Crippen LogP contribution >= 0.6 is 15.9 Å². The van der Waals surface area contributed by atoms with Crippen molar-refractivity contribution in [3.63, 3.8) is 0 Å². The molecule has 2 aromatic rings. The first-order valence-corrected chi connectivity index (χ1v) is 12.0. The molecule has 0 aliphatic carbocycles. The fraction of sp³-hybridized carbons (Fsp3) is 0.409. The number of sulfonamides is 1. The van der Waals surface area contributed by atoms with Gasteiger partial charge in [-0.25, -0.2) is 8.42 Å². The molecule has 1 aliphatic heterocycles. The Morgan fingerprint density at radius 3 is 2.41 bits per heavy atom. The quantitative estimate of drug-likeness (QED) is 0.694. The van der Waals surface area contributed by atoms with Crippen LogP contribution in [0.5, 0.6) is 0 Å². The van der Waals surface area contributed by atoms with Gasteiger partial charge in [-0.15, -0.1) is 0 Å². The summed E-state index contributed by atoms with van der Waals surface area (Å²) >= 11 is 3.45. The molecular formula is C22H27BrN2O3S. The van der Waals surface area contributed by atoms with Crippen LogP contribution in [0.25, 0.3) is 0 Å². The third-order valence-electron chi connectivity index (χ3n) is 5.65. The summed E-state index contributed by atoms with van der Waals surface area (Å²) in [4.78, 5) is 13.0. The molecule has 0 saturated carbocycles.